The number of pyridine rings is 1. The number of aryl methyl sites for hydroxylation is 1. The van der Waals surface area contributed by atoms with Crippen LogP contribution in [0.5, 0.6) is 0 Å². The maximum atomic E-state index is 4.71. The van der Waals surface area contributed by atoms with Crippen LogP contribution in [0.15, 0.2) is 85.1 Å². The van der Waals surface area contributed by atoms with Crippen molar-refractivity contribution in [3.05, 3.63) is 96.2 Å². The zero-order valence-electron chi connectivity index (χ0n) is 22.0. The minimum atomic E-state index is 0.819. The minimum absolute atomic E-state index is 0.819. The van der Waals surface area contributed by atoms with E-state index in [1.807, 2.05) is 17.5 Å². The van der Waals surface area contributed by atoms with Crippen molar-refractivity contribution < 1.29 is 0 Å². The van der Waals surface area contributed by atoms with E-state index in [1.54, 1.807) is 0 Å². The van der Waals surface area contributed by atoms with Crippen molar-refractivity contribution in [2.75, 3.05) is 0 Å². The lowest BCUT2D eigenvalue weighted by Gasteiger charge is -2.10. The van der Waals surface area contributed by atoms with Gasteiger partial charge < -0.3 is 4.40 Å². The predicted molar refractivity (Wildman–Crippen MR) is 168 cm³/mol. The number of rotatable bonds is 3. The molecule has 4 aromatic heterocycles. The van der Waals surface area contributed by atoms with Gasteiger partial charge >= 0.3 is 0 Å². The highest BCUT2D eigenvalue weighted by Gasteiger charge is 2.22. The van der Waals surface area contributed by atoms with Crippen LogP contribution in [0, 0.1) is 12.8 Å². The fourth-order valence-electron chi connectivity index (χ4n) is 7.34. The van der Waals surface area contributed by atoms with Gasteiger partial charge in [0.1, 0.15) is 0 Å². The summed E-state index contributed by atoms with van der Waals surface area (Å²) in [7, 11) is 0. The first-order chi connectivity index (χ1) is 19.2. The summed E-state index contributed by atoms with van der Waals surface area (Å²) < 4.78 is 5.26. The molecule has 1 aliphatic rings. The van der Waals surface area contributed by atoms with Crippen LogP contribution in [0.4, 0.5) is 0 Å². The Morgan fingerprint density at radius 3 is 2.41 bits per heavy atom. The first-order valence-corrected chi connectivity index (χ1v) is 15.0. The Morgan fingerprint density at radius 2 is 1.56 bits per heavy atom. The van der Waals surface area contributed by atoms with Gasteiger partial charge in [-0.25, -0.2) is 0 Å². The van der Waals surface area contributed by atoms with Crippen molar-refractivity contribution in [1.82, 2.24) is 9.38 Å². The first kappa shape index (κ1) is 21.9. The van der Waals surface area contributed by atoms with E-state index in [0.29, 0.717) is 0 Å². The first-order valence-electron chi connectivity index (χ1n) is 14.2. The van der Waals surface area contributed by atoms with E-state index >= 15 is 0 Å². The summed E-state index contributed by atoms with van der Waals surface area (Å²) in [6.45, 7) is 2.14. The quantitative estimate of drug-likeness (QED) is 0.226. The summed E-state index contributed by atoms with van der Waals surface area (Å²) >= 11 is 1.91. The molecule has 0 atom stereocenters. The van der Waals surface area contributed by atoms with E-state index in [9.17, 15) is 0 Å². The molecule has 4 aromatic carbocycles. The second kappa shape index (κ2) is 8.03. The fourth-order valence-corrected chi connectivity index (χ4v) is 8.46. The molecule has 3 heteroatoms. The van der Waals surface area contributed by atoms with Gasteiger partial charge in [-0.3, -0.25) is 4.98 Å². The fraction of sp³-hybridized carbons (Fsp3) is 0.194. The van der Waals surface area contributed by atoms with Crippen molar-refractivity contribution in [3.63, 3.8) is 0 Å². The Morgan fingerprint density at radius 1 is 0.744 bits per heavy atom. The topological polar surface area (TPSA) is 17.3 Å². The summed E-state index contributed by atoms with van der Waals surface area (Å²) in [5.41, 5.74) is 8.95. The summed E-state index contributed by atoms with van der Waals surface area (Å²) in [6, 6.07) is 30.0. The molecule has 0 aliphatic heterocycles. The van der Waals surface area contributed by atoms with Crippen molar-refractivity contribution in [2.24, 2.45) is 5.92 Å². The smallest absolute Gasteiger partial charge is 0.0704 e. The standard InChI is InChI=1S/C36H28N2S/c1-21-12-13-37-31(14-21)24-10-11-32-26(18-24)29-16-23(15-22-6-2-3-7-22)17-30-27-19-28-25-8-4-5-9-34(25)39-35(28)20-33(27)38(32)36(29)30/h4-5,8-14,16-20,22H,2-3,6-7,15H2,1H3. The van der Waals surface area contributed by atoms with E-state index < -0.39 is 0 Å². The number of thiophene rings is 1. The zero-order chi connectivity index (χ0) is 25.7. The maximum absolute atomic E-state index is 4.71. The lowest BCUT2D eigenvalue weighted by molar-refractivity contribution is 0.547. The van der Waals surface area contributed by atoms with Crippen LogP contribution in [-0.2, 0) is 6.42 Å². The highest BCUT2D eigenvalue weighted by Crippen LogP contribution is 2.45. The van der Waals surface area contributed by atoms with Crippen molar-refractivity contribution in [1.29, 1.82) is 0 Å². The summed E-state index contributed by atoms with van der Waals surface area (Å²) in [6.07, 6.45) is 8.63. The monoisotopic (exact) mass is 520 g/mol. The van der Waals surface area contributed by atoms with Gasteiger partial charge in [0.2, 0.25) is 0 Å². The van der Waals surface area contributed by atoms with Crippen LogP contribution in [0.3, 0.4) is 0 Å². The molecule has 4 heterocycles. The van der Waals surface area contributed by atoms with Gasteiger partial charge in [0.25, 0.3) is 0 Å². The van der Waals surface area contributed by atoms with E-state index in [1.165, 1.54) is 107 Å². The molecule has 0 radical (unpaired) electrons. The molecule has 0 bridgehead atoms. The van der Waals surface area contributed by atoms with Gasteiger partial charge in [-0.2, -0.15) is 0 Å². The minimum Gasteiger partial charge on any atom is -0.308 e. The van der Waals surface area contributed by atoms with Crippen LogP contribution >= 0.6 is 11.3 Å². The SMILES string of the molecule is Cc1ccnc(-c2ccc3c(c2)c2cc(CC4CCCC4)cc4c5cc6c(cc5n3c24)sc2ccccc26)c1. The second-order valence-electron chi connectivity index (χ2n) is 11.6. The average molecular weight is 521 g/mol. The molecule has 0 spiro atoms. The molecule has 9 rings (SSSR count). The molecular formula is C36H28N2S. The number of hydrogen-bond acceptors (Lipinski definition) is 2. The summed E-state index contributed by atoms with van der Waals surface area (Å²) in [4.78, 5) is 4.71. The third-order valence-corrected chi connectivity index (χ3v) is 10.3. The molecule has 2 nitrogen and oxygen atoms in total. The van der Waals surface area contributed by atoms with Gasteiger partial charge in [-0.15, -0.1) is 11.3 Å². The van der Waals surface area contributed by atoms with Crippen LogP contribution in [-0.4, -0.2) is 9.38 Å². The molecule has 0 saturated heterocycles. The molecule has 39 heavy (non-hydrogen) atoms. The molecule has 0 unspecified atom stereocenters. The number of hydrogen-bond donors (Lipinski definition) is 0. The van der Waals surface area contributed by atoms with Gasteiger partial charge in [0.15, 0.2) is 0 Å². The lowest BCUT2D eigenvalue weighted by Crippen LogP contribution is -1.98. The largest absolute Gasteiger partial charge is 0.308 e. The van der Waals surface area contributed by atoms with Crippen LogP contribution in [0.1, 0.15) is 36.8 Å². The van der Waals surface area contributed by atoms with Crippen molar-refractivity contribution in [3.8, 4) is 11.3 Å². The van der Waals surface area contributed by atoms with E-state index in [2.05, 4.69) is 90.2 Å². The maximum Gasteiger partial charge on any atom is 0.0704 e. The molecule has 1 saturated carbocycles. The number of aromatic nitrogens is 2. The van der Waals surface area contributed by atoms with Crippen LogP contribution in [0.2, 0.25) is 0 Å². The van der Waals surface area contributed by atoms with Crippen molar-refractivity contribution >= 4 is 69.6 Å². The molecule has 0 amide bonds. The van der Waals surface area contributed by atoms with E-state index in [4.69, 9.17) is 4.98 Å². The summed E-state index contributed by atoms with van der Waals surface area (Å²) in [5.74, 6) is 0.819. The Kier molecular flexibility index (Phi) is 4.52. The molecular weight excluding hydrogens is 492 g/mol. The highest BCUT2D eigenvalue weighted by molar-refractivity contribution is 7.25. The lowest BCUT2D eigenvalue weighted by atomic mass is 9.94. The van der Waals surface area contributed by atoms with Gasteiger partial charge in [0, 0.05) is 53.5 Å². The van der Waals surface area contributed by atoms with Gasteiger partial charge in [0.05, 0.1) is 22.2 Å². The number of fused-ring (bicyclic) bond motifs is 9. The number of nitrogens with zero attached hydrogens (tertiary/aromatic N) is 2. The second-order valence-corrected chi connectivity index (χ2v) is 12.7. The summed E-state index contributed by atoms with van der Waals surface area (Å²) in [5, 5.41) is 8.25. The van der Waals surface area contributed by atoms with Gasteiger partial charge in [-0.05, 0) is 85.0 Å². The Bertz CT molecular complexity index is 2230. The third-order valence-electron chi connectivity index (χ3n) is 9.16. The highest BCUT2D eigenvalue weighted by atomic mass is 32.1. The Balaban J connectivity index is 1.39. The predicted octanol–water partition coefficient (Wildman–Crippen LogP) is 10.3. The van der Waals surface area contributed by atoms with E-state index in [-0.39, 0.29) is 0 Å². The molecule has 0 N–H and O–H groups in total. The molecule has 8 aromatic rings. The van der Waals surface area contributed by atoms with Crippen LogP contribution in [0.25, 0.3) is 69.5 Å². The van der Waals surface area contributed by atoms with Gasteiger partial charge in [-0.1, -0.05) is 49.9 Å². The van der Waals surface area contributed by atoms with E-state index in [0.717, 1.165) is 11.6 Å². The molecule has 1 aliphatic carbocycles. The van der Waals surface area contributed by atoms with Crippen molar-refractivity contribution in [2.45, 2.75) is 39.0 Å². The normalized spacial score (nSPS) is 14.9. The third kappa shape index (κ3) is 3.17. The van der Waals surface area contributed by atoms with Crippen LogP contribution < -0.4 is 0 Å². The Labute approximate surface area is 230 Å². The average Bonchev–Trinajstić information content (AvgIpc) is 3.73. The molecule has 188 valence electrons. The Hall–Kier alpha value is -3.95. The number of benzene rings is 4. The molecule has 1 fully saturated rings. The zero-order valence-corrected chi connectivity index (χ0v) is 22.8.